The molecule has 1 unspecified atom stereocenters. The molecule has 2 nitrogen and oxygen atoms in total. The molecule has 2 fully saturated rings. The second-order valence-electron chi connectivity index (χ2n) is 3.67. The number of likely N-dealkylation sites (tertiary alicyclic amines) is 1. The molecule has 1 N–H and O–H groups in total. The highest BCUT2D eigenvalue weighted by Gasteiger charge is 2.30. The Morgan fingerprint density at radius 3 is 2.92 bits per heavy atom. The summed E-state index contributed by atoms with van der Waals surface area (Å²) in [5.74, 6) is 1.28. The molecule has 0 aliphatic carbocycles. The van der Waals surface area contributed by atoms with Gasteiger partial charge in [0, 0.05) is 30.9 Å². The zero-order valence-corrected chi connectivity index (χ0v) is 8.57. The summed E-state index contributed by atoms with van der Waals surface area (Å²) in [5, 5.41) is 4.26. The van der Waals surface area contributed by atoms with Crippen LogP contribution >= 0.6 is 11.8 Å². The second kappa shape index (κ2) is 3.99. The van der Waals surface area contributed by atoms with Gasteiger partial charge in [-0.1, -0.05) is 6.92 Å². The van der Waals surface area contributed by atoms with E-state index >= 15 is 0 Å². The smallest absolute Gasteiger partial charge is 0.0345 e. The summed E-state index contributed by atoms with van der Waals surface area (Å²) < 4.78 is 0. The number of nitrogens with one attached hydrogen (secondary N) is 1. The fourth-order valence-corrected chi connectivity index (χ4v) is 3.03. The number of hydrogen-bond acceptors (Lipinski definition) is 3. The Morgan fingerprint density at radius 1 is 1.50 bits per heavy atom. The van der Waals surface area contributed by atoms with Crippen LogP contribution in [0.15, 0.2) is 0 Å². The lowest BCUT2D eigenvalue weighted by Crippen LogP contribution is -2.56. The predicted molar refractivity (Wildman–Crippen MR) is 54.8 cm³/mol. The fraction of sp³-hybridized carbons (Fsp3) is 1.00. The molecular weight excluding hydrogens is 168 g/mol. The minimum absolute atomic E-state index is 0.868. The minimum Gasteiger partial charge on any atom is -0.314 e. The maximum absolute atomic E-state index is 3.34. The van der Waals surface area contributed by atoms with Gasteiger partial charge in [-0.2, -0.15) is 11.8 Å². The van der Waals surface area contributed by atoms with Crippen LogP contribution < -0.4 is 5.32 Å². The number of thioether (sulfide) groups is 1. The van der Waals surface area contributed by atoms with Crippen LogP contribution in [0.1, 0.15) is 13.3 Å². The summed E-state index contributed by atoms with van der Waals surface area (Å²) in [5.41, 5.74) is 0. The summed E-state index contributed by atoms with van der Waals surface area (Å²) in [6, 6.07) is 0.868. The first-order valence-corrected chi connectivity index (χ1v) is 6.01. The van der Waals surface area contributed by atoms with Gasteiger partial charge in [0.1, 0.15) is 0 Å². The summed E-state index contributed by atoms with van der Waals surface area (Å²) in [6.07, 6.45) is 1.41. The average molecular weight is 186 g/mol. The fourth-order valence-electron chi connectivity index (χ4n) is 1.99. The Morgan fingerprint density at radius 2 is 2.33 bits per heavy atom. The molecule has 70 valence electrons. The SMILES string of the molecule is CCSC1CCN(C2CNC2)C1. The first-order chi connectivity index (χ1) is 5.90. The zero-order chi connectivity index (χ0) is 8.39. The van der Waals surface area contributed by atoms with Crippen molar-refractivity contribution in [3.05, 3.63) is 0 Å². The van der Waals surface area contributed by atoms with Crippen LogP contribution in [0.2, 0.25) is 0 Å². The molecule has 0 aromatic heterocycles. The lowest BCUT2D eigenvalue weighted by molar-refractivity contribution is 0.180. The molecule has 2 aliphatic rings. The summed E-state index contributed by atoms with van der Waals surface area (Å²) in [7, 11) is 0. The van der Waals surface area contributed by atoms with Gasteiger partial charge in [0.05, 0.1) is 0 Å². The lowest BCUT2D eigenvalue weighted by Gasteiger charge is -2.35. The molecule has 2 rings (SSSR count). The molecule has 2 aliphatic heterocycles. The van der Waals surface area contributed by atoms with Crippen LogP contribution in [0.4, 0.5) is 0 Å². The van der Waals surface area contributed by atoms with Crippen molar-refractivity contribution in [3.63, 3.8) is 0 Å². The highest BCUT2D eigenvalue weighted by molar-refractivity contribution is 7.99. The van der Waals surface area contributed by atoms with Crippen molar-refractivity contribution < 1.29 is 0 Å². The van der Waals surface area contributed by atoms with E-state index < -0.39 is 0 Å². The summed E-state index contributed by atoms with van der Waals surface area (Å²) in [4.78, 5) is 2.66. The van der Waals surface area contributed by atoms with E-state index in [9.17, 15) is 0 Å². The molecule has 0 aromatic rings. The molecule has 0 aromatic carbocycles. The van der Waals surface area contributed by atoms with Crippen LogP contribution in [-0.2, 0) is 0 Å². The highest BCUT2D eigenvalue weighted by atomic mass is 32.2. The third-order valence-corrected chi connectivity index (χ3v) is 4.04. The largest absolute Gasteiger partial charge is 0.314 e. The molecule has 0 radical (unpaired) electrons. The first kappa shape index (κ1) is 8.85. The molecule has 2 saturated heterocycles. The maximum Gasteiger partial charge on any atom is 0.0345 e. The van der Waals surface area contributed by atoms with Crippen LogP contribution in [0.5, 0.6) is 0 Å². The van der Waals surface area contributed by atoms with E-state index in [4.69, 9.17) is 0 Å². The topological polar surface area (TPSA) is 15.3 Å². The van der Waals surface area contributed by atoms with Crippen molar-refractivity contribution in [1.29, 1.82) is 0 Å². The van der Waals surface area contributed by atoms with E-state index in [0.29, 0.717) is 0 Å². The maximum atomic E-state index is 3.34. The minimum atomic E-state index is 0.868. The van der Waals surface area contributed by atoms with Crippen molar-refractivity contribution >= 4 is 11.8 Å². The third-order valence-electron chi connectivity index (χ3n) is 2.86. The molecule has 0 saturated carbocycles. The Hall–Kier alpha value is 0.270. The van der Waals surface area contributed by atoms with Crippen molar-refractivity contribution in [2.24, 2.45) is 0 Å². The van der Waals surface area contributed by atoms with Crippen LogP contribution in [0, 0.1) is 0 Å². The van der Waals surface area contributed by atoms with Gasteiger partial charge in [0.2, 0.25) is 0 Å². The molecular formula is C9H18N2S. The third kappa shape index (κ3) is 1.78. The van der Waals surface area contributed by atoms with E-state index in [0.717, 1.165) is 11.3 Å². The van der Waals surface area contributed by atoms with Crippen molar-refractivity contribution in [2.75, 3.05) is 31.9 Å². The van der Waals surface area contributed by atoms with Gasteiger partial charge in [-0.05, 0) is 18.7 Å². The van der Waals surface area contributed by atoms with Crippen molar-refractivity contribution in [1.82, 2.24) is 10.2 Å². The Bertz CT molecular complexity index is 147. The zero-order valence-electron chi connectivity index (χ0n) is 7.75. The Labute approximate surface area is 79.1 Å². The molecule has 12 heavy (non-hydrogen) atoms. The normalized spacial score (nSPS) is 32.2. The van der Waals surface area contributed by atoms with Crippen LogP contribution in [-0.4, -0.2) is 48.1 Å². The quantitative estimate of drug-likeness (QED) is 0.701. The second-order valence-corrected chi connectivity index (χ2v) is 5.25. The van der Waals surface area contributed by atoms with Gasteiger partial charge >= 0.3 is 0 Å². The van der Waals surface area contributed by atoms with Gasteiger partial charge in [-0.25, -0.2) is 0 Å². The number of rotatable bonds is 3. The standard InChI is InChI=1S/C9H18N2S/c1-2-12-9-3-4-11(7-9)8-5-10-6-8/h8-10H,2-7H2,1H3. The molecule has 0 spiro atoms. The van der Waals surface area contributed by atoms with E-state index in [1.807, 2.05) is 0 Å². The van der Waals surface area contributed by atoms with Gasteiger partial charge < -0.3 is 5.32 Å². The Kier molecular flexibility index (Phi) is 2.94. The van der Waals surface area contributed by atoms with E-state index in [1.165, 1.54) is 38.4 Å². The lowest BCUT2D eigenvalue weighted by atomic mass is 10.1. The van der Waals surface area contributed by atoms with E-state index in [2.05, 4.69) is 28.9 Å². The highest BCUT2D eigenvalue weighted by Crippen LogP contribution is 2.24. The average Bonchev–Trinajstić information content (AvgIpc) is 2.34. The monoisotopic (exact) mass is 186 g/mol. The van der Waals surface area contributed by atoms with Crippen LogP contribution in [0.3, 0.4) is 0 Å². The van der Waals surface area contributed by atoms with E-state index in [-0.39, 0.29) is 0 Å². The summed E-state index contributed by atoms with van der Waals surface area (Å²) in [6.45, 7) is 7.39. The van der Waals surface area contributed by atoms with Crippen molar-refractivity contribution in [3.8, 4) is 0 Å². The molecule has 0 bridgehead atoms. The van der Waals surface area contributed by atoms with E-state index in [1.54, 1.807) is 0 Å². The number of hydrogen-bond donors (Lipinski definition) is 1. The first-order valence-electron chi connectivity index (χ1n) is 4.96. The summed E-state index contributed by atoms with van der Waals surface area (Å²) >= 11 is 2.13. The van der Waals surface area contributed by atoms with Gasteiger partial charge in [0.25, 0.3) is 0 Å². The molecule has 0 amide bonds. The van der Waals surface area contributed by atoms with Gasteiger partial charge in [0.15, 0.2) is 0 Å². The van der Waals surface area contributed by atoms with Gasteiger partial charge in [-0.15, -0.1) is 0 Å². The molecule has 2 heterocycles. The van der Waals surface area contributed by atoms with Crippen LogP contribution in [0.25, 0.3) is 0 Å². The predicted octanol–water partition coefficient (Wildman–Crippen LogP) is 0.786. The molecule has 3 heteroatoms. The van der Waals surface area contributed by atoms with Gasteiger partial charge in [-0.3, -0.25) is 4.90 Å². The Balaban J connectivity index is 1.73. The number of nitrogens with zero attached hydrogens (tertiary/aromatic N) is 1. The van der Waals surface area contributed by atoms with Crippen molar-refractivity contribution in [2.45, 2.75) is 24.6 Å². The molecule has 1 atom stereocenters.